The first-order valence-electron chi connectivity index (χ1n) is 14.1. The van der Waals surface area contributed by atoms with Gasteiger partial charge in [-0.25, -0.2) is 4.39 Å². The van der Waals surface area contributed by atoms with Crippen molar-refractivity contribution in [3.63, 3.8) is 0 Å². The van der Waals surface area contributed by atoms with Gasteiger partial charge in [0.15, 0.2) is 11.6 Å². The Kier molecular flexibility index (Phi) is 15.4. The third-order valence-electron chi connectivity index (χ3n) is 6.63. The first-order chi connectivity index (χ1) is 16.7. The second-order valence-corrected chi connectivity index (χ2v) is 9.75. The van der Waals surface area contributed by atoms with Gasteiger partial charge in [-0.2, -0.15) is 0 Å². The SMILES string of the molecule is CCCCCCCCCCCCc1ccc(-c2ccc(OCCCCCCCC)c(F)c2)nc1. The molecule has 0 aliphatic heterocycles. The minimum Gasteiger partial charge on any atom is -0.491 e. The molecule has 0 aliphatic rings. The van der Waals surface area contributed by atoms with Crippen LogP contribution in [0.1, 0.15) is 122 Å². The Balaban J connectivity index is 1.64. The summed E-state index contributed by atoms with van der Waals surface area (Å²) in [5.74, 6) is 0.0367. The molecule has 2 aromatic rings. The predicted molar refractivity (Wildman–Crippen MR) is 144 cm³/mol. The highest BCUT2D eigenvalue weighted by atomic mass is 19.1. The van der Waals surface area contributed by atoms with Gasteiger partial charge in [0, 0.05) is 11.8 Å². The lowest BCUT2D eigenvalue weighted by molar-refractivity contribution is 0.290. The van der Waals surface area contributed by atoms with Crippen LogP contribution in [0.3, 0.4) is 0 Å². The van der Waals surface area contributed by atoms with Gasteiger partial charge in [0.1, 0.15) is 0 Å². The molecule has 0 N–H and O–H groups in total. The maximum atomic E-state index is 14.5. The monoisotopic (exact) mass is 469 g/mol. The Labute approximate surface area is 208 Å². The molecule has 3 heteroatoms. The molecule has 2 rings (SSSR count). The van der Waals surface area contributed by atoms with E-state index in [1.807, 2.05) is 18.3 Å². The van der Waals surface area contributed by atoms with Gasteiger partial charge >= 0.3 is 0 Å². The molecular formula is C31H48FNO. The fraction of sp³-hybridized carbons (Fsp3) is 0.645. The summed E-state index contributed by atoms with van der Waals surface area (Å²) >= 11 is 0. The molecule has 0 amide bonds. The smallest absolute Gasteiger partial charge is 0.165 e. The number of nitrogens with zero attached hydrogens (tertiary/aromatic N) is 1. The van der Waals surface area contributed by atoms with Crippen molar-refractivity contribution >= 4 is 0 Å². The number of rotatable bonds is 20. The van der Waals surface area contributed by atoms with Crippen molar-refractivity contribution < 1.29 is 9.13 Å². The quantitative estimate of drug-likeness (QED) is 0.180. The van der Waals surface area contributed by atoms with Crippen LogP contribution in [0.2, 0.25) is 0 Å². The summed E-state index contributed by atoms with van der Waals surface area (Å²) in [6.07, 6.45) is 23.8. The summed E-state index contributed by atoms with van der Waals surface area (Å²) in [6.45, 7) is 5.07. The first kappa shape index (κ1) is 28.3. The minimum atomic E-state index is -0.306. The van der Waals surface area contributed by atoms with E-state index in [1.165, 1.54) is 95.5 Å². The zero-order valence-corrected chi connectivity index (χ0v) is 21.9. The zero-order chi connectivity index (χ0) is 24.3. The number of hydrogen-bond acceptors (Lipinski definition) is 2. The molecule has 1 heterocycles. The van der Waals surface area contributed by atoms with Crippen molar-refractivity contribution in [2.45, 2.75) is 123 Å². The van der Waals surface area contributed by atoms with Gasteiger partial charge in [-0.15, -0.1) is 0 Å². The fourth-order valence-electron chi connectivity index (χ4n) is 4.40. The van der Waals surface area contributed by atoms with E-state index < -0.39 is 0 Å². The molecule has 0 atom stereocenters. The highest BCUT2D eigenvalue weighted by Crippen LogP contribution is 2.25. The van der Waals surface area contributed by atoms with Crippen molar-refractivity contribution in [1.82, 2.24) is 4.98 Å². The number of pyridine rings is 1. The Morgan fingerprint density at radius 1 is 0.676 bits per heavy atom. The highest BCUT2D eigenvalue weighted by Gasteiger charge is 2.08. The predicted octanol–water partition coefficient (Wildman–Crippen LogP) is 10.1. The maximum Gasteiger partial charge on any atom is 0.165 e. The molecule has 1 aromatic carbocycles. The van der Waals surface area contributed by atoms with E-state index >= 15 is 0 Å². The van der Waals surface area contributed by atoms with Crippen LogP contribution >= 0.6 is 0 Å². The fourth-order valence-corrected chi connectivity index (χ4v) is 4.40. The van der Waals surface area contributed by atoms with Gasteiger partial charge in [-0.3, -0.25) is 4.98 Å². The first-order valence-corrected chi connectivity index (χ1v) is 14.1. The van der Waals surface area contributed by atoms with E-state index in [1.54, 1.807) is 12.1 Å². The van der Waals surface area contributed by atoms with E-state index in [4.69, 9.17) is 4.74 Å². The van der Waals surface area contributed by atoms with Crippen molar-refractivity contribution in [3.05, 3.63) is 47.9 Å². The van der Waals surface area contributed by atoms with Gasteiger partial charge < -0.3 is 4.74 Å². The topological polar surface area (TPSA) is 22.1 Å². The number of hydrogen-bond donors (Lipinski definition) is 0. The van der Waals surface area contributed by atoms with E-state index in [0.29, 0.717) is 12.4 Å². The van der Waals surface area contributed by atoms with Gasteiger partial charge in [-0.1, -0.05) is 110 Å². The summed E-state index contributed by atoms with van der Waals surface area (Å²) in [6, 6.07) is 9.33. The summed E-state index contributed by atoms with van der Waals surface area (Å²) in [4.78, 5) is 4.59. The Hall–Kier alpha value is -1.90. The average molecular weight is 470 g/mol. The zero-order valence-electron chi connectivity index (χ0n) is 21.9. The number of aryl methyl sites for hydroxylation is 1. The molecule has 0 spiro atoms. The normalized spacial score (nSPS) is 11.1. The van der Waals surface area contributed by atoms with Gasteiger partial charge in [0.25, 0.3) is 0 Å². The van der Waals surface area contributed by atoms with Crippen LogP contribution < -0.4 is 4.74 Å². The van der Waals surface area contributed by atoms with Gasteiger partial charge in [0.2, 0.25) is 0 Å². The van der Waals surface area contributed by atoms with Crippen molar-refractivity contribution in [2.75, 3.05) is 6.61 Å². The van der Waals surface area contributed by atoms with Crippen LogP contribution in [0.4, 0.5) is 4.39 Å². The van der Waals surface area contributed by atoms with Crippen molar-refractivity contribution in [1.29, 1.82) is 0 Å². The molecule has 0 saturated carbocycles. The number of ether oxygens (including phenoxy) is 1. The Morgan fingerprint density at radius 3 is 1.82 bits per heavy atom. The molecule has 0 bridgehead atoms. The molecule has 2 nitrogen and oxygen atoms in total. The number of aromatic nitrogens is 1. The van der Waals surface area contributed by atoms with E-state index in [9.17, 15) is 4.39 Å². The summed E-state index contributed by atoms with van der Waals surface area (Å²) in [5, 5.41) is 0. The van der Waals surface area contributed by atoms with E-state index in [-0.39, 0.29) is 5.82 Å². The number of unbranched alkanes of at least 4 members (excludes halogenated alkanes) is 14. The van der Waals surface area contributed by atoms with Gasteiger partial charge in [0.05, 0.1) is 12.3 Å². The largest absolute Gasteiger partial charge is 0.491 e. The van der Waals surface area contributed by atoms with Crippen LogP contribution in [0.25, 0.3) is 11.3 Å². The molecule has 34 heavy (non-hydrogen) atoms. The molecule has 1 aromatic heterocycles. The molecule has 0 aliphatic carbocycles. The number of halogens is 1. The third kappa shape index (κ3) is 12.0. The van der Waals surface area contributed by atoms with Crippen molar-refractivity contribution in [3.8, 4) is 17.0 Å². The van der Waals surface area contributed by atoms with Gasteiger partial charge in [-0.05, 0) is 49.1 Å². The number of benzene rings is 1. The molecule has 0 unspecified atom stereocenters. The maximum absolute atomic E-state index is 14.5. The second-order valence-electron chi connectivity index (χ2n) is 9.75. The lowest BCUT2D eigenvalue weighted by Gasteiger charge is -2.09. The Morgan fingerprint density at radius 2 is 1.26 bits per heavy atom. The van der Waals surface area contributed by atoms with E-state index in [0.717, 1.165) is 30.5 Å². The molecule has 0 radical (unpaired) electrons. The van der Waals surface area contributed by atoms with Crippen LogP contribution in [-0.2, 0) is 6.42 Å². The second kappa shape index (κ2) is 18.4. The summed E-state index contributed by atoms with van der Waals surface area (Å²) < 4.78 is 20.2. The molecular weight excluding hydrogens is 421 g/mol. The standard InChI is InChI=1S/C31H48FNO/c1-3-5-7-9-11-12-13-14-15-17-19-27-20-22-30(33-26-27)28-21-23-31(29(32)25-28)34-24-18-16-10-8-6-4-2/h20-23,25-26H,3-19,24H2,1-2H3. The Bertz CT molecular complexity index is 759. The third-order valence-corrected chi connectivity index (χ3v) is 6.63. The van der Waals surface area contributed by atoms with Crippen LogP contribution in [0.15, 0.2) is 36.5 Å². The lowest BCUT2D eigenvalue weighted by atomic mass is 10.0. The van der Waals surface area contributed by atoms with Crippen LogP contribution in [0, 0.1) is 5.82 Å². The molecule has 190 valence electrons. The van der Waals surface area contributed by atoms with Crippen LogP contribution in [0.5, 0.6) is 5.75 Å². The van der Waals surface area contributed by atoms with Crippen LogP contribution in [-0.4, -0.2) is 11.6 Å². The van der Waals surface area contributed by atoms with Crippen molar-refractivity contribution in [2.24, 2.45) is 0 Å². The summed E-state index contributed by atoms with van der Waals surface area (Å²) in [7, 11) is 0. The molecule has 0 saturated heterocycles. The average Bonchev–Trinajstić information content (AvgIpc) is 2.86. The highest BCUT2D eigenvalue weighted by molar-refractivity contribution is 5.60. The molecule has 0 fully saturated rings. The summed E-state index contributed by atoms with van der Waals surface area (Å²) in [5.41, 5.74) is 2.88. The minimum absolute atomic E-state index is 0.306. The van der Waals surface area contributed by atoms with E-state index in [2.05, 4.69) is 24.9 Å². The lowest BCUT2D eigenvalue weighted by Crippen LogP contribution is -1.99.